The summed E-state index contributed by atoms with van der Waals surface area (Å²) in [6.07, 6.45) is 9.98. The molecule has 0 saturated carbocycles. The maximum Gasteiger partial charge on any atom is 0.330 e. The van der Waals surface area contributed by atoms with E-state index in [0.29, 0.717) is 6.16 Å². The summed E-state index contributed by atoms with van der Waals surface area (Å²) < 4.78 is 21.5. The van der Waals surface area contributed by atoms with Crippen LogP contribution in [-0.2, 0) is 13.6 Å². The van der Waals surface area contributed by atoms with Crippen LogP contribution in [0.2, 0.25) is 0 Å². The minimum atomic E-state index is -2.77. The lowest BCUT2D eigenvalue weighted by Gasteiger charge is -2.12. The van der Waals surface area contributed by atoms with Crippen molar-refractivity contribution >= 4 is 7.60 Å². The van der Waals surface area contributed by atoms with E-state index in [9.17, 15) is 4.57 Å². The van der Waals surface area contributed by atoms with Gasteiger partial charge in [-0.25, -0.2) is 0 Å². The fraction of sp³-hybridized carbons (Fsp3) is 1.00. The number of nitrogens with two attached hydrogens (primary N) is 1. The molecule has 0 aliphatic carbocycles. The molecule has 0 aliphatic heterocycles. The minimum Gasteiger partial charge on any atom is -0.330 e. The Labute approximate surface area is 106 Å². The van der Waals surface area contributed by atoms with Gasteiger partial charge in [0.25, 0.3) is 0 Å². The van der Waals surface area contributed by atoms with Crippen LogP contribution in [0, 0.1) is 0 Å². The lowest BCUT2D eigenvalue weighted by atomic mass is 10.1. The monoisotopic (exact) mass is 265 g/mol. The Balaban J connectivity index is 3.26. The smallest absolute Gasteiger partial charge is 0.330 e. The second-order valence-corrected chi connectivity index (χ2v) is 6.72. The third-order valence-corrected chi connectivity index (χ3v) is 4.92. The Morgan fingerprint density at radius 1 is 0.824 bits per heavy atom. The summed E-state index contributed by atoms with van der Waals surface area (Å²) in [7, 11) is 0.127. The first-order valence-corrected chi connectivity index (χ1v) is 8.32. The fourth-order valence-electron chi connectivity index (χ4n) is 1.77. The zero-order chi connectivity index (χ0) is 13.0. The average Bonchev–Trinajstić information content (AvgIpc) is 2.36. The zero-order valence-corrected chi connectivity index (χ0v) is 12.2. The Morgan fingerprint density at radius 3 is 1.65 bits per heavy atom. The van der Waals surface area contributed by atoms with Crippen molar-refractivity contribution in [2.75, 3.05) is 26.9 Å². The van der Waals surface area contributed by atoms with Gasteiger partial charge in [-0.1, -0.05) is 38.5 Å². The lowest BCUT2D eigenvalue weighted by molar-refractivity contribution is 0.275. The molecule has 0 aromatic heterocycles. The van der Waals surface area contributed by atoms with Crippen LogP contribution >= 0.6 is 7.60 Å². The number of unbranched alkanes of at least 4 members (excludes halogenated alkanes) is 7. The molecule has 0 aromatic rings. The third kappa shape index (κ3) is 9.78. The largest absolute Gasteiger partial charge is 0.330 e. The van der Waals surface area contributed by atoms with E-state index in [1.807, 2.05) is 0 Å². The standard InChI is InChI=1S/C12H28NO3P/c1-15-17(14,16-2)12-10-8-6-4-3-5-7-9-11-13/h3-13H2,1-2H3. The van der Waals surface area contributed by atoms with Crippen LogP contribution in [0.1, 0.15) is 51.4 Å². The van der Waals surface area contributed by atoms with Gasteiger partial charge < -0.3 is 14.8 Å². The summed E-state index contributed by atoms with van der Waals surface area (Å²) in [6, 6.07) is 0. The Hall–Kier alpha value is 0.110. The molecule has 0 saturated heterocycles. The van der Waals surface area contributed by atoms with E-state index < -0.39 is 7.60 Å². The summed E-state index contributed by atoms with van der Waals surface area (Å²) in [4.78, 5) is 0. The molecular weight excluding hydrogens is 237 g/mol. The van der Waals surface area contributed by atoms with Crippen molar-refractivity contribution in [3.8, 4) is 0 Å². The van der Waals surface area contributed by atoms with E-state index in [-0.39, 0.29) is 0 Å². The highest BCUT2D eigenvalue weighted by atomic mass is 31.2. The van der Waals surface area contributed by atoms with Crippen LogP contribution in [0.25, 0.3) is 0 Å². The third-order valence-electron chi connectivity index (χ3n) is 2.94. The minimum absolute atomic E-state index is 0.535. The topological polar surface area (TPSA) is 61.5 Å². The van der Waals surface area contributed by atoms with Crippen LogP contribution in [0.5, 0.6) is 0 Å². The molecule has 0 heterocycles. The van der Waals surface area contributed by atoms with E-state index >= 15 is 0 Å². The van der Waals surface area contributed by atoms with Crippen molar-refractivity contribution in [1.29, 1.82) is 0 Å². The maximum atomic E-state index is 11.7. The molecule has 0 fully saturated rings. The van der Waals surface area contributed by atoms with Crippen molar-refractivity contribution in [3.05, 3.63) is 0 Å². The van der Waals surface area contributed by atoms with Crippen LogP contribution in [0.3, 0.4) is 0 Å². The van der Waals surface area contributed by atoms with Gasteiger partial charge in [0.1, 0.15) is 0 Å². The second-order valence-electron chi connectivity index (χ2n) is 4.32. The van der Waals surface area contributed by atoms with E-state index in [1.54, 1.807) is 0 Å². The summed E-state index contributed by atoms with van der Waals surface area (Å²) in [5.41, 5.74) is 5.43. The second kappa shape index (κ2) is 11.2. The van der Waals surface area contributed by atoms with Crippen molar-refractivity contribution in [2.24, 2.45) is 5.73 Å². The SMILES string of the molecule is COP(=O)(CCCCCCCCCCN)OC. The Morgan fingerprint density at radius 2 is 1.24 bits per heavy atom. The molecule has 0 amide bonds. The first-order valence-electron chi connectivity index (χ1n) is 6.59. The molecule has 0 rings (SSSR count). The Bertz CT molecular complexity index is 204. The molecule has 4 nitrogen and oxygen atoms in total. The fourth-order valence-corrected chi connectivity index (χ4v) is 2.89. The first-order chi connectivity index (χ1) is 8.18. The van der Waals surface area contributed by atoms with Gasteiger partial charge in [0.2, 0.25) is 0 Å². The van der Waals surface area contributed by atoms with Gasteiger partial charge in [-0.15, -0.1) is 0 Å². The molecule has 0 radical (unpaired) electrons. The quantitative estimate of drug-likeness (QED) is 0.433. The molecule has 0 aromatic carbocycles. The van der Waals surface area contributed by atoms with Gasteiger partial charge in [-0.05, 0) is 19.4 Å². The Kier molecular flexibility index (Phi) is 11.3. The summed E-state index contributed by atoms with van der Waals surface area (Å²) in [5.74, 6) is 0. The van der Waals surface area contributed by atoms with Gasteiger partial charge in [0.15, 0.2) is 0 Å². The van der Waals surface area contributed by atoms with E-state index in [4.69, 9.17) is 14.8 Å². The van der Waals surface area contributed by atoms with Crippen LogP contribution in [0.4, 0.5) is 0 Å². The predicted octanol–water partition coefficient (Wildman–Crippen LogP) is 3.55. The van der Waals surface area contributed by atoms with Gasteiger partial charge in [-0.3, -0.25) is 4.57 Å². The van der Waals surface area contributed by atoms with Crippen molar-refractivity contribution < 1.29 is 13.6 Å². The van der Waals surface area contributed by atoms with Crippen molar-refractivity contribution in [1.82, 2.24) is 0 Å². The molecule has 0 aliphatic rings. The van der Waals surface area contributed by atoms with Gasteiger partial charge in [-0.2, -0.15) is 0 Å². The molecule has 104 valence electrons. The highest BCUT2D eigenvalue weighted by Gasteiger charge is 2.19. The van der Waals surface area contributed by atoms with Crippen molar-refractivity contribution in [2.45, 2.75) is 51.4 Å². The molecular formula is C12H28NO3P. The van der Waals surface area contributed by atoms with E-state index in [1.165, 1.54) is 46.3 Å². The van der Waals surface area contributed by atoms with Gasteiger partial charge in [0.05, 0.1) is 6.16 Å². The predicted molar refractivity (Wildman–Crippen MR) is 72.5 cm³/mol. The molecule has 0 bridgehead atoms. The highest BCUT2D eigenvalue weighted by molar-refractivity contribution is 7.53. The summed E-state index contributed by atoms with van der Waals surface area (Å²) in [5, 5.41) is 0. The van der Waals surface area contributed by atoms with Crippen LogP contribution in [-0.4, -0.2) is 26.9 Å². The normalized spacial score (nSPS) is 11.9. The lowest BCUT2D eigenvalue weighted by Crippen LogP contribution is -1.97. The summed E-state index contributed by atoms with van der Waals surface area (Å²) in [6.45, 7) is 0.809. The van der Waals surface area contributed by atoms with Crippen LogP contribution in [0.15, 0.2) is 0 Å². The average molecular weight is 265 g/mol. The molecule has 0 atom stereocenters. The highest BCUT2D eigenvalue weighted by Crippen LogP contribution is 2.47. The molecule has 5 heteroatoms. The van der Waals surface area contributed by atoms with E-state index in [2.05, 4.69) is 0 Å². The van der Waals surface area contributed by atoms with Gasteiger partial charge >= 0.3 is 7.60 Å². The molecule has 17 heavy (non-hydrogen) atoms. The zero-order valence-electron chi connectivity index (χ0n) is 11.3. The maximum absolute atomic E-state index is 11.7. The summed E-state index contributed by atoms with van der Waals surface area (Å²) >= 11 is 0. The van der Waals surface area contributed by atoms with Gasteiger partial charge in [0, 0.05) is 14.2 Å². The van der Waals surface area contributed by atoms with Crippen LogP contribution < -0.4 is 5.73 Å². The molecule has 2 N–H and O–H groups in total. The molecule has 0 unspecified atom stereocenters. The van der Waals surface area contributed by atoms with Crippen molar-refractivity contribution in [3.63, 3.8) is 0 Å². The van der Waals surface area contributed by atoms with E-state index in [0.717, 1.165) is 25.8 Å². The molecule has 0 spiro atoms. The number of rotatable bonds is 12. The number of hydrogen-bond donors (Lipinski definition) is 1. The first kappa shape index (κ1) is 17.1. The number of hydrogen-bond acceptors (Lipinski definition) is 4.